The molecule has 5 rings (SSSR count). The van der Waals surface area contributed by atoms with Crippen molar-refractivity contribution in [3.8, 4) is 11.4 Å². The van der Waals surface area contributed by atoms with E-state index < -0.39 is 0 Å². The van der Waals surface area contributed by atoms with Crippen molar-refractivity contribution in [1.82, 2.24) is 34.4 Å². The number of piperidine rings is 1. The summed E-state index contributed by atoms with van der Waals surface area (Å²) in [5.74, 6) is 0.214. The molecular formula is C21H21N7O. The number of amides is 1. The number of nitrogens with one attached hydrogen (secondary N) is 1. The first-order valence-electron chi connectivity index (χ1n) is 9.70. The molecule has 0 aliphatic carbocycles. The van der Waals surface area contributed by atoms with Crippen molar-refractivity contribution in [2.75, 3.05) is 13.1 Å². The van der Waals surface area contributed by atoms with Crippen LogP contribution in [0.15, 0.2) is 49.4 Å². The largest absolute Gasteiger partial charge is 0.345 e. The standard InChI is InChI=1S/C21H21N7O/c1-27-13-23-10-20(27)19-9-22-8-18(26-19)15-3-2-6-28(11-15)21(29)14-4-5-16-17(7-14)25-12-24-16/h4-5,7-10,12-13,15H,2-3,6,11H2,1H3,(H,24,25)/t15-/m1/s1. The number of benzene rings is 1. The van der Waals surface area contributed by atoms with Gasteiger partial charge in [0.1, 0.15) is 5.69 Å². The lowest BCUT2D eigenvalue weighted by atomic mass is 9.94. The van der Waals surface area contributed by atoms with E-state index >= 15 is 0 Å². The summed E-state index contributed by atoms with van der Waals surface area (Å²) in [6, 6.07) is 5.60. The lowest BCUT2D eigenvalue weighted by Crippen LogP contribution is -2.39. The van der Waals surface area contributed by atoms with Crippen LogP contribution in [0.3, 0.4) is 0 Å². The molecule has 8 nitrogen and oxygen atoms in total. The summed E-state index contributed by atoms with van der Waals surface area (Å²) in [7, 11) is 1.94. The van der Waals surface area contributed by atoms with E-state index in [0.29, 0.717) is 12.1 Å². The predicted octanol–water partition coefficient (Wildman–Crippen LogP) is 2.77. The van der Waals surface area contributed by atoms with Crippen molar-refractivity contribution in [3.05, 3.63) is 60.7 Å². The maximum Gasteiger partial charge on any atom is 0.253 e. The van der Waals surface area contributed by atoms with Crippen molar-refractivity contribution in [2.45, 2.75) is 18.8 Å². The second-order valence-electron chi connectivity index (χ2n) is 7.44. The van der Waals surface area contributed by atoms with Gasteiger partial charge in [0.05, 0.1) is 47.5 Å². The maximum atomic E-state index is 13.1. The van der Waals surface area contributed by atoms with Crippen molar-refractivity contribution in [1.29, 1.82) is 0 Å². The first-order chi connectivity index (χ1) is 14.2. The molecule has 3 aromatic heterocycles. The number of carbonyl (C=O) groups excluding carboxylic acids is 1. The van der Waals surface area contributed by atoms with Crippen LogP contribution in [0.1, 0.15) is 34.8 Å². The molecule has 1 saturated heterocycles. The number of H-pyrrole nitrogens is 1. The van der Waals surface area contributed by atoms with E-state index in [-0.39, 0.29) is 11.8 Å². The van der Waals surface area contributed by atoms with Crippen molar-refractivity contribution in [2.24, 2.45) is 7.05 Å². The van der Waals surface area contributed by atoms with Crippen LogP contribution in [-0.2, 0) is 7.05 Å². The SMILES string of the molecule is Cn1cncc1-c1cncc([C@@H]2CCCN(C(=O)c3ccc4nc[nH]c4c3)C2)n1. The van der Waals surface area contributed by atoms with Gasteiger partial charge < -0.3 is 14.5 Å². The Labute approximate surface area is 167 Å². The number of likely N-dealkylation sites (tertiary alicyclic amines) is 1. The third kappa shape index (κ3) is 3.26. The maximum absolute atomic E-state index is 13.1. The van der Waals surface area contributed by atoms with Gasteiger partial charge in [0, 0.05) is 37.8 Å². The van der Waals surface area contributed by atoms with E-state index in [1.54, 1.807) is 25.0 Å². The van der Waals surface area contributed by atoms with Crippen LogP contribution in [0, 0.1) is 0 Å². The molecule has 0 bridgehead atoms. The van der Waals surface area contributed by atoms with Crippen molar-refractivity contribution in [3.63, 3.8) is 0 Å². The first-order valence-corrected chi connectivity index (χ1v) is 9.70. The minimum absolute atomic E-state index is 0.0435. The summed E-state index contributed by atoms with van der Waals surface area (Å²) in [6.45, 7) is 1.40. The number of rotatable bonds is 3. The summed E-state index contributed by atoms with van der Waals surface area (Å²) in [6.07, 6.45) is 10.7. The number of fused-ring (bicyclic) bond motifs is 1. The number of imidazole rings is 2. The fourth-order valence-electron chi connectivity index (χ4n) is 3.96. The number of aromatic amines is 1. The lowest BCUT2D eigenvalue weighted by molar-refractivity contribution is 0.0706. The van der Waals surface area contributed by atoms with E-state index in [4.69, 9.17) is 4.98 Å². The normalized spacial score (nSPS) is 17.0. The van der Waals surface area contributed by atoms with E-state index in [2.05, 4.69) is 19.9 Å². The monoisotopic (exact) mass is 387 g/mol. The Morgan fingerprint density at radius 2 is 2.14 bits per heavy atom. The quantitative estimate of drug-likeness (QED) is 0.583. The molecule has 4 aromatic rings. The fraction of sp³-hybridized carbons (Fsp3) is 0.286. The van der Waals surface area contributed by atoms with Gasteiger partial charge in [0.2, 0.25) is 0 Å². The fourth-order valence-corrected chi connectivity index (χ4v) is 3.96. The van der Waals surface area contributed by atoms with Crippen LogP contribution in [0.25, 0.3) is 22.4 Å². The van der Waals surface area contributed by atoms with Gasteiger partial charge in [-0.05, 0) is 31.0 Å². The van der Waals surface area contributed by atoms with Crippen LogP contribution < -0.4 is 0 Å². The molecule has 0 saturated carbocycles. The molecule has 4 heterocycles. The molecule has 1 amide bonds. The summed E-state index contributed by atoms with van der Waals surface area (Å²) in [4.78, 5) is 35.7. The molecule has 0 radical (unpaired) electrons. The molecule has 1 N–H and O–H groups in total. The van der Waals surface area contributed by atoms with Crippen LogP contribution in [-0.4, -0.2) is 53.4 Å². The van der Waals surface area contributed by atoms with Crippen LogP contribution >= 0.6 is 0 Å². The average molecular weight is 387 g/mol. The molecule has 1 aliphatic heterocycles. The van der Waals surface area contributed by atoms with Crippen LogP contribution in [0.4, 0.5) is 0 Å². The Morgan fingerprint density at radius 1 is 1.21 bits per heavy atom. The highest BCUT2D eigenvalue weighted by atomic mass is 16.2. The molecule has 29 heavy (non-hydrogen) atoms. The van der Waals surface area contributed by atoms with Gasteiger partial charge in [-0.15, -0.1) is 0 Å². The third-order valence-corrected chi connectivity index (χ3v) is 5.53. The molecular weight excluding hydrogens is 366 g/mol. The van der Waals surface area contributed by atoms with E-state index in [0.717, 1.165) is 47.5 Å². The Morgan fingerprint density at radius 3 is 3.00 bits per heavy atom. The molecule has 0 spiro atoms. The van der Waals surface area contributed by atoms with Gasteiger partial charge in [0.15, 0.2) is 0 Å². The van der Waals surface area contributed by atoms with Gasteiger partial charge in [0.25, 0.3) is 5.91 Å². The van der Waals surface area contributed by atoms with Gasteiger partial charge in [-0.1, -0.05) is 0 Å². The van der Waals surface area contributed by atoms with Gasteiger partial charge in [-0.25, -0.2) is 15.0 Å². The highest BCUT2D eigenvalue weighted by molar-refractivity contribution is 5.97. The molecule has 8 heteroatoms. The number of aromatic nitrogens is 6. The lowest BCUT2D eigenvalue weighted by Gasteiger charge is -2.32. The number of carbonyl (C=O) groups is 1. The average Bonchev–Trinajstić information content (AvgIpc) is 3.41. The zero-order chi connectivity index (χ0) is 19.8. The number of hydrogen-bond acceptors (Lipinski definition) is 5. The van der Waals surface area contributed by atoms with E-state index in [1.165, 1.54) is 0 Å². The summed E-state index contributed by atoms with van der Waals surface area (Å²) >= 11 is 0. The molecule has 1 atom stereocenters. The molecule has 1 aromatic carbocycles. The molecule has 0 unspecified atom stereocenters. The van der Waals surface area contributed by atoms with E-state index in [1.807, 2.05) is 40.9 Å². The number of nitrogens with zero attached hydrogens (tertiary/aromatic N) is 6. The Balaban J connectivity index is 1.38. The Bertz CT molecular complexity index is 1180. The molecule has 146 valence electrons. The number of aryl methyl sites for hydroxylation is 1. The summed E-state index contributed by atoms with van der Waals surface area (Å²) < 4.78 is 1.93. The highest BCUT2D eigenvalue weighted by Crippen LogP contribution is 2.28. The summed E-state index contributed by atoms with van der Waals surface area (Å²) in [5.41, 5.74) is 5.06. The van der Waals surface area contributed by atoms with Crippen molar-refractivity contribution >= 4 is 16.9 Å². The minimum atomic E-state index is 0.0435. The Hall–Kier alpha value is -3.55. The second kappa shape index (κ2) is 7.12. The van der Waals surface area contributed by atoms with Crippen LogP contribution in [0.5, 0.6) is 0 Å². The van der Waals surface area contributed by atoms with Crippen molar-refractivity contribution < 1.29 is 4.79 Å². The van der Waals surface area contributed by atoms with E-state index in [9.17, 15) is 4.79 Å². The van der Waals surface area contributed by atoms with Gasteiger partial charge in [-0.3, -0.25) is 9.78 Å². The second-order valence-corrected chi connectivity index (χ2v) is 7.44. The minimum Gasteiger partial charge on any atom is -0.345 e. The topological polar surface area (TPSA) is 92.6 Å². The molecule has 1 fully saturated rings. The molecule has 1 aliphatic rings. The number of hydrogen-bond donors (Lipinski definition) is 1. The third-order valence-electron chi connectivity index (χ3n) is 5.53. The van der Waals surface area contributed by atoms with Gasteiger partial charge in [-0.2, -0.15) is 0 Å². The highest BCUT2D eigenvalue weighted by Gasteiger charge is 2.27. The first kappa shape index (κ1) is 17.5. The van der Waals surface area contributed by atoms with Gasteiger partial charge >= 0.3 is 0 Å². The Kier molecular flexibility index (Phi) is 4.31. The van der Waals surface area contributed by atoms with Crippen LogP contribution in [0.2, 0.25) is 0 Å². The zero-order valence-corrected chi connectivity index (χ0v) is 16.1. The smallest absolute Gasteiger partial charge is 0.253 e. The summed E-state index contributed by atoms with van der Waals surface area (Å²) in [5, 5.41) is 0. The predicted molar refractivity (Wildman–Crippen MR) is 108 cm³/mol. The zero-order valence-electron chi connectivity index (χ0n) is 16.1.